The van der Waals surface area contributed by atoms with E-state index in [0.717, 1.165) is 31.8 Å². The lowest BCUT2D eigenvalue weighted by Crippen LogP contribution is -2.34. The first kappa shape index (κ1) is 15.9. The highest BCUT2D eigenvalue weighted by Crippen LogP contribution is 2.44. The lowest BCUT2D eigenvalue weighted by atomic mass is 9.79. The molecule has 0 amide bonds. The van der Waals surface area contributed by atoms with Crippen molar-refractivity contribution in [2.45, 2.75) is 65.0 Å². The molecule has 1 aliphatic rings. The topological polar surface area (TPSA) is 34.1 Å². The van der Waals surface area contributed by atoms with Crippen LogP contribution < -0.4 is 5.32 Å². The fourth-order valence-corrected chi connectivity index (χ4v) is 4.37. The maximum atomic E-state index is 5.96. The first-order valence-corrected chi connectivity index (χ1v) is 8.65. The second-order valence-corrected chi connectivity index (χ2v) is 7.19. The van der Waals surface area contributed by atoms with Crippen LogP contribution in [0, 0.1) is 12.8 Å². The molecule has 2 rings (SSSR count). The molecule has 1 fully saturated rings. The highest BCUT2D eigenvalue weighted by molar-refractivity contribution is 7.11. The van der Waals surface area contributed by atoms with Crippen LogP contribution in [0.3, 0.4) is 0 Å². The van der Waals surface area contributed by atoms with Crippen molar-refractivity contribution in [1.82, 2.24) is 10.3 Å². The average molecular weight is 296 g/mol. The Morgan fingerprint density at radius 2 is 2.30 bits per heavy atom. The van der Waals surface area contributed by atoms with Gasteiger partial charge in [0.15, 0.2) is 0 Å². The van der Waals surface area contributed by atoms with Crippen LogP contribution in [0.15, 0.2) is 0 Å². The maximum Gasteiger partial charge on any atom is 0.125 e. The van der Waals surface area contributed by atoms with E-state index in [0.29, 0.717) is 0 Å². The van der Waals surface area contributed by atoms with Crippen molar-refractivity contribution in [2.75, 3.05) is 13.7 Å². The molecule has 1 heterocycles. The predicted octanol–water partition coefficient (Wildman–Crippen LogP) is 4.00. The molecule has 1 aromatic heterocycles. The third-order valence-corrected chi connectivity index (χ3v) is 5.68. The Hall–Kier alpha value is -0.450. The number of aromatic nitrogens is 1. The fraction of sp³-hybridized carbons (Fsp3) is 0.812. The summed E-state index contributed by atoms with van der Waals surface area (Å²) in [6, 6.07) is 0. The Morgan fingerprint density at radius 1 is 1.50 bits per heavy atom. The van der Waals surface area contributed by atoms with E-state index in [-0.39, 0.29) is 5.60 Å². The molecule has 0 saturated heterocycles. The van der Waals surface area contributed by atoms with Crippen molar-refractivity contribution in [3.63, 3.8) is 0 Å². The van der Waals surface area contributed by atoms with E-state index in [1.807, 2.05) is 18.4 Å². The zero-order valence-corrected chi connectivity index (χ0v) is 14.1. The van der Waals surface area contributed by atoms with Crippen molar-refractivity contribution in [2.24, 2.45) is 5.92 Å². The van der Waals surface area contributed by atoms with E-state index in [1.165, 1.54) is 34.8 Å². The molecule has 0 radical (unpaired) electrons. The van der Waals surface area contributed by atoms with Gasteiger partial charge in [-0.3, -0.25) is 0 Å². The van der Waals surface area contributed by atoms with E-state index in [4.69, 9.17) is 9.72 Å². The number of rotatable bonds is 6. The molecule has 0 aromatic carbocycles. The molecule has 3 nitrogen and oxygen atoms in total. The van der Waals surface area contributed by atoms with Gasteiger partial charge in [0.25, 0.3) is 0 Å². The zero-order valence-electron chi connectivity index (χ0n) is 13.3. The van der Waals surface area contributed by atoms with Crippen LogP contribution in [0.1, 0.15) is 61.5 Å². The molecule has 114 valence electrons. The Balaban J connectivity index is 2.16. The number of thiazole rings is 1. The van der Waals surface area contributed by atoms with E-state index >= 15 is 0 Å². The average Bonchev–Trinajstić information content (AvgIpc) is 2.81. The summed E-state index contributed by atoms with van der Waals surface area (Å²) in [5.41, 5.74) is 1.04. The third kappa shape index (κ3) is 3.41. The van der Waals surface area contributed by atoms with E-state index < -0.39 is 0 Å². The van der Waals surface area contributed by atoms with Crippen LogP contribution in [-0.2, 0) is 16.9 Å². The molecule has 0 bridgehead atoms. The largest absolute Gasteiger partial charge is 0.371 e. The number of hydrogen-bond acceptors (Lipinski definition) is 4. The van der Waals surface area contributed by atoms with Gasteiger partial charge in [0.05, 0.1) is 5.69 Å². The SMILES string of the molecule is CCCNCc1sc(C2(OC)CCCC(C)C2)nc1C. The van der Waals surface area contributed by atoms with Gasteiger partial charge in [-0.05, 0) is 45.1 Å². The van der Waals surface area contributed by atoms with Crippen molar-refractivity contribution in [1.29, 1.82) is 0 Å². The summed E-state index contributed by atoms with van der Waals surface area (Å²) >= 11 is 1.84. The van der Waals surface area contributed by atoms with Gasteiger partial charge in [-0.2, -0.15) is 0 Å². The normalized spacial score (nSPS) is 26.9. The van der Waals surface area contributed by atoms with Crippen LogP contribution in [0.25, 0.3) is 0 Å². The number of nitrogens with zero attached hydrogens (tertiary/aromatic N) is 1. The molecule has 1 aromatic rings. The van der Waals surface area contributed by atoms with Gasteiger partial charge < -0.3 is 10.1 Å². The van der Waals surface area contributed by atoms with E-state index in [2.05, 4.69) is 26.1 Å². The lowest BCUT2D eigenvalue weighted by molar-refractivity contribution is -0.0581. The van der Waals surface area contributed by atoms with Crippen LogP contribution >= 0.6 is 11.3 Å². The predicted molar refractivity (Wildman–Crippen MR) is 85.2 cm³/mol. The van der Waals surface area contributed by atoms with Gasteiger partial charge in [-0.15, -0.1) is 11.3 Å². The number of hydrogen-bond donors (Lipinski definition) is 1. The number of aryl methyl sites for hydroxylation is 1. The summed E-state index contributed by atoms with van der Waals surface area (Å²) in [5, 5.41) is 4.67. The van der Waals surface area contributed by atoms with Crippen molar-refractivity contribution in [3.8, 4) is 0 Å². The van der Waals surface area contributed by atoms with E-state index in [1.54, 1.807) is 0 Å². The summed E-state index contributed by atoms with van der Waals surface area (Å²) in [7, 11) is 1.85. The van der Waals surface area contributed by atoms with Gasteiger partial charge in [0.2, 0.25) is 0 Å². The summed E-state index contributed by atoms with van der Waals surface area (Å²) in [4.78, 5) is 6.21. The van der Waals surface area contributed by atoms with Crippen molar-refractivity contribution >= 4 is 11.3 Å². The molecule has 0 aliphatic heterocycles. The minimum absolute atomic E-state index is 0.129. The van der Waals surface area contributed by atoms with E-state index in [9.17, 15) is 0 Å². The molecule has 1 saturated carbocycles. The molecule has 4 heteroatoms. The first-order valence-electron chi connectivity index (χ1n) is 7.84. The fourth-order valence-electron chi connectivity index (χ4n) is 3.14. The standard InChI is InChI=1S/C16H28N2OS/c1-5-9-17-11-14-13(3)18-15(20-14)16(19-4)8-6-7-12(2)10-16/h12,17H,5-11H2,1-4H3. The van der Waals surface area contributed by atoms with Crippen LogP contribution in [-0.4, -0.2) is 18.6 Å². The second kappa shape index (κ2) is 7.01. The first-order chi connectivity index (χ1) is 9.61. The molecule has 1 N–H and O–H groups in total. The smallest absolute Gasteiger partial charge is 0.125 e. The summed E-state index contributed by atoms with van der Waals surface area (Å²) in [6.45, 7) is 8.66. The Kier molecular flexibility index (Phi) is 5.58. The number of methoxy groups -OCH3 is 1. The maximum absolute atomic E-state index is 5.96. The highest BCUT2D eigenvalue weighted by Gasteiger charge is 2.39. The molecule has 1 aliphatic carbocycles. The lowest BCUT2D eigenvalue weighted by Gasteiger charge is -2.37. The summed E-state index contributed by atoms with van der Waals surface area (Å²) in [6.07, 6.45) is 5.96. The quantitative estimate of drug-likeness (QED) is 0.806. The second-order valence-electron chi connectivity index (χ2n) is 6.10. The van der Waals surface area contributed by atoms with Crippen LogP contribution in [0.5, 0.6) is 0 Å². The van der Waals surface area contributed by atoms with Crippen molar-refractivity contribution in [3.05, 3.63) is 15.6 Å². The third-order valence-electron chi connectivity index (χ3n) is 4.34. The summed E-state index contributed by atoms with van der Waals surface area (Å²) < 4.78 is 5.96. The molecule has 2 atom stereocenters. The minimum atomic E-state index is -0.129. The monoisotopic (exact) mass is 296 g/mol. The highest BCUT2D eigenvalue weighted by atomic mass is 32.1. The molecular weight excluding hydrogens is 268 g/mol. The number of nitrogens with one attached hydrogen (secondary N) is 1. The zero-order chi connectivity index (χ0) is 14.6. The summed E-state index contributed by atoms with van der Waals surface area (Å²) in [5.74, 6) is 0.731. The molecule has 20 heavy (non-hydrogen) atoms. The Labute approximate surface area is 127 Å². The number of ether oxygens (including phenoxy) is 1. The van der Waals surface area contributed by atoms with Gasteiger partial charge in [-0.1, -0.05) is 20.3 Å². The Morgan fingerprint density at radius 3 is 2.95 bits per heavy atom. The van der Waals surface area contributed by atoms with Crippen LogP contribution in [0.2, 0.25) is 0 Å². The van der Waals surface area contributed by atoms with Gasteiger partial charge in [-0.25, -0.2) is 4.98 Å². The molecule has 2 unspecified atom stereocenters. The molecular formula is C16H28N2OS. The molecule has 0 spiro atoms. The van der Waals surface area contributed by atoms with Gasteiger partial charge in [0, 0.05) is 18.5 Å². The van der Waals surface area contributed by atoms with Crippen molar-refractivity contribution < 1.29 is 4.74 Å². The van der Waals surface area contributed by atoms with Gasteiger partial charge >= 0.3 is 0 Å². The Bertz CT molecular complexity index is 432. The van der Waals surface area contributed by atoms with Crippen LogP contribution in [0.4, 0.5) is 0 Å². The minimum Gasteiger partial charge on any atom is -0.371 e. The van der Waals surface area contributed by atoms with Gasteiger partial charge in [0.1, 0.15) is 10.6 Å².